The largest absolute Gasteiger partial charge is 0.487 e. The zero-order valence-electron chi connectivity index (χ0n) is 23.6. The summed E-state index contributed by atoms with van der Waals surface area (Å²) in [6.45, 7) is 9.30. The summed E-state index contributed by atoms with van der Waals surface area (Å²) in [5.41, 5.74) is 5.14. The molecule has 3 aliphatic carbocycles. The topological polar surface area (TPSA) is 53.0 Å². The van der Waals surface area contributed by atoms with Gasteiger partial charge in [-0.05, 0) is 80.7 Å². The predicted octanol–water partition coefficient (Wildman–Crippen LogP) is 4.98. The van der Waals surface area contributed by atoms with Gasteiger partial charge < -0.3 is 14.7 Å². The van der Waals surface area contributed by atoms with Gasteiger partial charge in [-0.25, -0.2) is 0 Å². The van der Waals surface area contributed by atoms with Crippen molar-refractivity contribution >= 4 is 12.0 Å². The molecule has 7 rings (SSSR count). The number of aliphatic hydroxyl groups excluding tert-OH is 1. The van der Waals surface area contributed by atoms with Crippen LogP contribution in [0.5, 0.6) is 5.75 Å². The van der Waals surface area contributed by atoms with Crippen LogP contribution in [0.1, 0.15) is 61.8 Å². The Morgan fingerprint density at radius 2 is 2.05 bits per heavy atom. The summed E-state index contributed by atoms with van der Waals surface area (Å²) in [4.78, 5) is 18.7. The van der Waals surface area contributed by atoms with Crippen molar-refractivity contribution in [2.45, 2.75) is 82.6 Å². The number of aryl methyl sites for hydroxylation is 1. The maximum Gasteiger partial charge on any atom is 0.246 e. The first kappa shape index (κ1) is 25.3. The van der Waals surface area contributed by atoms with Gasteiger partial charge in [0.15, 0.2) is 0 Å². The van der Waals surface area contributed by atoms with Crippen molar-refractivity contribution in [2.75, 3.05) is 19.6 Å². The molecule has 0 radical (unpaired) electrons. The maximum atomic E-state index is 13.9. The zero-order valence-corrected chi connectivity index (χ0v) is 23.6. The Bertz CT molecular complexity index is 1300. The molecule has 1 spiro atoms. The molecule has 5 nitrogen and oxygen atoms in total. The molecule has 39 heavy (non-hydrogen) atoms. The number of rotatable bonds is 7. The highest BCUT2D eigenvalue weighted by Crippen LogP contribution is 2.63. The summed E-state index contributed by atoms with van der Waals surface area (Å²) >= 11 is 0. The number of nitrogens with zero attached hydrogens (tertiary/aromatic N) is 2. The number of likely N-dealkylation sites (tertiary alicyclic amines) is 1. The van der Waals surface area contributed by atoms with E-state index in [0.717, 1.165) is 63.1 Å². The van der Waals surface area contributed by atoms with Crippen LogP contribution in [0.2, 0.25) is 0 Å². The number of hydrogen-bond acceptors (Lipinski definition) is 4. The number of carbonyl (C=O) groups excluding carboxylic acids is 1. The van der Waals surface area contributed by atoms with E-state index < -0.39 is 0 Å². The number of piperidine rings is 1. The minimum atomic E-state index is -0.106. The number of hydrogen-bond donors (Lipinski definition) is 1. The third-order valence-corrected chi connectivity index (χ3v) is 10.4. The molecule has 2 saturated carbocycles. The van der Waals surface area contributed by atoms with Crippen LogP contribution < -0.4 is 4.74 Å². The van der Waals surface area contributed by atoms with Crippen LogP contribution in [0.25, 0.3) is 6.08 Å². The van der Waals surface area contributed by atoms with E-state index in [0.29, 0.717) is 23.8 Å². The first-order valence-corrected chi connectivity index (χ1v) is 15.1. The van der Waals surface area contributed by atoms with Crippen LogP contribution >= 0.6 is 0 Å². The zero-order chi connectivity index (χ0) is 26.9. The highest BCUT2D eigenvalue weighted by Gasteiger charge is 2.66. The number of aliphatic hydroxyl groups is 1. The minimum Gasteiger partial charge on any atom is -0.487 e. The normalized spacial score (nSPS) is 34.2. The fourth-order valence-corrected chi connectivity index (χ4v) is 8.66. The molecule has 1 N–H and O–H groups in total. The molecule has 5 heteroatoms. The van der Waals surface area contributed by atoms with Gasteiger partial charge in [-0.2, -0.15) is 0 Å². The molecule has 2 aromatic rings. The summed E-state index contributed by atoms with van der Waals surface area (Å²) in [6.07, 6.45) is 8.85. The van der Waals surface area contributed by atoms with Gasteiger partial charge in [-0.3, -0.25) is 9.69 Å². The van der Waals surface area contributed by atoms with E-state index in [2.05, 4.69) is 67.0 Å². The summed E-state index contributed by atoms with van der Waals surface area (Å²) in [6, 6.07) is 15.5. The van der Waals surface area contributed by atoms with Gasteiger partial charge in [0, 0.05) is 42.1 Å². The van der Waals surface area contributed by atoms with Gasteiger partial charge in [-0.15, -0.1) is 0 Å². The average molecular weight is 527 g/mol. The molecule has 1 amide bonds. The van der Waals surface area contributed by atoms with Crippen molar-refractivity contribution < 1.29 is 14.6 Å². The molecule has 2 bridgehead atoms. The smallest absolute Gasteiger partial charge is 0.246 e. The highest BCUT2D eigenvalue weighted by molar-refractivity contribution is 5.92. The SMILES string of the molecule is Cc1cccc(C=CC(=O)N(CC(C)C)[C@H]2CC[C@H]3[C@H]4Cc5cccc6c5[C@@]3(CCN4CC3CC3O)[C@H]2O6)c1. The monoisotopic (exact) mass is 526 g/mol. The maximum absolute atomic E-state index is 13.9. The molecule has 7 atom stereocenters. The van der Waals surface area contributed by atoms with Gasteiger partial charge >= 0.3 is 0 Å². The van der Waals surface area contributed by atoms with E-state index in [1.54, 1.807) is 6.08 Å². The average Bonchev–Trinajstić information content (AvgIpc) is 3.50. The van der Waals surface area contributed by atoms with E-state index in [1.165, 1.54) is 16.7 Å². The fraction of sp³-hybridized carbons (Fsp3) is 0.559. The third-order valence-electron chi connectivity index (χ3n) is 10.4. The molecular weight excluding hydrogens is 484 g/mol. The molecule has 2 heterocycles. The molecule has 1 saturated heterocycles. The Kier molecular flexibility index (Phi) is 6.16. The van der Waals surface area contributed by atoms with E-state index in [-0.39, 0.29) is 29.6 Å². The van der Waals surface area contributed by atoms with Crippen molar-refractivity contribution in [3.05, 3.63) is 70.8 Å². The van der Waals surface area contributed by atoms with Gasteiger partial charge in [-0.1, -0.05) is 55.8 Å². The summed E-state index contributed by atoms with van der Waals surface area (Å²) < 4.78 is 6.95. The number of amides is 1. The quantitative estimate of drug-likeness (QED) is 0.517. The van der Waals surface area contributed by atoms with Crippen LogP contribution in [-0.4, -0.2) is 64.7 Å². The van der Waals surface area contributed by atoms with Crippen molar-refractivity contribution in [2.24, 2.45) is 17.8 Å². The first-order chi connectivity index (χ1) is 18.8. The Labute approximate surface area is 232 Å². The van der Waals surface area contributed by atoms with Crippen LogP contribution in [0, 0.1) is 24.7 Å². The van der Waals surface area contributed by atoms with E-state index in [4.69, 9.17) is 4.74 Å². The number of benzene rings is 2. The summed E-state index contributed by atoms with van der Waals surface area (Å²) in [5, 5.41) is 10.1. The summed E-state index contributed by atoms with van der Waals surface area (Å²) in [5.74, 6) is 2.52. The van der Waals surface area contributed by atoms with Crippen molar-refractivity contribution in [3.63, 3.8) is 0 Å². The second-order valence-corrected chi connectivity index (χ2v) is 13.3. The second-order valence-electron chi connectivity index (χ2n) is 13.3. The molecule has 206 valence electrons. The predicted molar refractivity (Wildman–Crippen MR) is 154 cm³/mol. The highest BCUT2D eigenvalue weighted by atomic mass is 16.5. The lowest BCUT2D eigenvalue weighted by molar-refractivity contribution is -0.138. The second kappa shape index (κ2) is 9.49. The molecule has 2 aromatic carbocycles. The summed E-state index contributed by atoms with van der Waals surface area (Å²) in [7, 11) is 0. The number of ether oxygens (including phenoxy) is 1. The van der Waals surface area contributed by atoms with Crippen LogP contribution in [0.4, 0.5) is 0 Å². The lowest BCUT2D eigenvalue weighted by Crippen LogP contribution is -2.69. The Hall–Kier alpha value is -2.63. The van der Waals surface area contributed by atoms with Gasteiger partial charge in [0.1, 0.15) is 11.9 Å². The standard InChI is InChI=1S/C34H42N2O3/c1-21(2)19-36(31(38)13-10-23-7-4-6-22(3)16-23)27-12-11-26-28-17-24-8-5-9-30-32(24)34(26,33(27)39-30)14-15-35(28)20-25-18-29(25)37/h4-10,13,16,21,25-29,33,37H,11-12,14-15,17-20H2,1-3H3/t25?,26-,27-,28+,29?,33-,34-/m0/s1. The minimum absolute atomic E-state index is 0.000986. The van der Waals surface area contributed by atoms with E-state index in [9.17, 15) is 9.90 Å². The fourth-order valence-electron chi connectivity index (χ4n) is 8.66. The Morgan fingerprint density at radius 3 is 2.82 bits per heavy atom. The van der Waals surface area contributed by atoms with Crippen molar-refractivity contribution in [1.82, 2.24) is 9.80 Å². The van der Waals surface area contributed by atoms with Gasteiger partial charge in [0.05, 0.1) is 12.1 Å². The molecule has 0 aromatic heterocycles. The molecule has 2 unspecified atom stereocenters. The van der Waals surface area contributed by atoms with Crippen LogP contribution in [0.15, 0.2) is 48.5 Å². The molecule has 3 fully saturated rings. The number of carbonyl (C=O) groups is 1. The first-order valence-electron chi connectivity index (χ1n) is 15.1. The lowest BCUT2D eigenvalue weighted by atomic mass is 9.51. The van der Waals surface area contributed by atoms with Crippen molar-refractivity contribution in [1.29, 1.82) is 0 Å². The molecule has 5 aliphatic rings. The lowest BCUT2D eigenvalue weighted by Gasteiger charge is -2.60. The third kappa shape index (κ3) is 4.15. The van der Waals surface area contributed by atoms with E-state index >= 15 is 0 Å². The Balaban J connectivity index is 1.22. The molecular formula is C34H42N2O3. The molecule has 2 aliphatic heterocycles. The van der Waals surface area contributed by atoms with Gasteiger partial charge in [0.25, 0.3) is 0 Å². The van der Waals surface area contributed by atoms with E-state index in [1.807, 2.05) is 12.1 Å². The van der Waals surface area contributed by atoms with Gasteiger partial charge in [0.2, 0.25) is 5.91 Å². The Morgan fingerprint density at radius 1 is 1.23 bits per heavy atom. The van der Waals surface area contributed by atoms with Crippen LogP contribution in [0.3, 0.4) is 0 Å². The van der Waals surface area contributed by atoms with Crippen molar-refractivity contribution in [3.8, 4) is 5.75 Å². The van der Waals surface area contributed by atoms with Crippen LogP contribution in [-0.2, 0) is 16.6 Å².